The zero-order valence-corrected chi connectivity index (χ0v) is 7.38. The van der Waals surface area contributed by atoms with E-state index < -0.39 is 0 Å². The van der Waals surface area contributed by atoms with E-state index in [1.807, 2.05) is 13.0 Å². The van der Waals surface area contributed by atoms with Crippen LogP contribution in [-0.4, -0.2) is 19.8 Å². The predicted molar refractivity (Wildman–Crippen MR) is 46.7 cm³/mol. The van der Waals surface area contributed by atoms with Gasteiger partial charge in [-0.1, -0.05) is 5.21 Å². The molecule has 0 bridgehead atoms. The predicted octanol–water partition coefficient (Wildman–Crippen LogP) is 1.32. The molecule has 1 radical (unpaired) electrons. The molecule has 4 nitrogen and oxygen atoms in total. The standard InChI is InChI=1S/C7H7N4S/c1-5-3-7(12-2)11-6(9-5)4-8-10-11/h3-4H,2H2,1H3. The highest BCUT2D eigenvalue weighted by Crippen LogP contribution is 2.16. The lowest BCUT2D eigenvalue weighted by Gasteiger charge is -1.99. The average molecular weight is 179 g/mol. The Hall–Kier alpha value is -1.10. The van der Waals surface area contributed by atoms with Crippen molar-refractivity contribution in [3.8, 4) is 0 Å². The SMILES string of the molecule is [CH2]Sc1cc(C)nc2cnnn12. The molecule has 2 rings (SSSR count). The fourth-order valence-corrected chi connectivity index (χ4v) is 1.52. The van der Waals surface area contributed by atoms with Crippen LogP contribution in [0.3, 0.4) is 0 Å². The third-order valence-corrected chi connectivity index (χ3v) is 2.10. The largest absolute Gasteiger partial charge is 0.232 e. The van der Waals surface area contributed by atoms with Crippen LogP contribution >= 0.6 is 11.8 Å². The highest BCUT2D eigenvalue weighted by atomic mass is 32.2. The monoisotopic (exact) mass is 179 g/mol. The van der Waals surface area contributed by atoms with Gasteiger partial charge in [0.2, 0.25) is 0 Å². The van der Waals surface area contributed by atoms with E-state index in [1.165, 1.54) is 11.8 Å². The molecule has 61 valence electrons. The van der Waals surface area contributed by atoms with E-state index in [-0.39, 0.29) is 0 Å². The van der Waals surface area contributed by atoms with Gasteiger partial charge in [-0.15, -0.1) is 16.9 Å². The fourth-order valence-electron chi connectivity index (χ4n) is 1.02. The molecule has 0 aromatic carbocycles. The molecule has 12 heavy (non-hydrogen) atoms. The Kier molecular flexibility index (Phi) is 1.73. The van der Waals surface area contributed by atoms with Crippen LogP contribution in [0.5, 0.6) is 0 Å². The Morgan fingerprint density at radius 1 is 1.58 bits per heavy atom. The minimum absolute atomic E-state index is 0.765. The van der Waals surface area contributed by atoms with Crippen molar-refractivity contribution in [2.75, 3.05) is 0 Å². The van der Waals surface area contributed by atoms with E-state index in [0.29, 0.717) is 0 Å². The Morgan fingerprint density at radius 2 is 2.42 bits per heavy atom. The summed E-state index contributed by atoms with van der Waals surface area (Å²) in [5.41, 5.74) is 1.72. The average Bonchev–Trinajstić information content (AvgIpc) is 2.50. The van der Waals surface area contributed by atoms with Crippen molar-refractivity contribution in [3.63, 3.8) is 0 Å². The lowest BCUT2D eigenvalue weighted by molar-refractivity contribution is 0.776. The van der Waals surface area contributed by atoms with Gasteiger partial charge in [0.15, 0.2) is 5.65 Å². The van der Waals surface area contributed by atoms with E-state index in [4.69, 9.17) is 0 Å². The second kappa shape index (κ2) is 2.75. The first-order valence-electron chi connectivity index (χ1n) is 3.41. The first-order valence-corrected chi connectivity index (χ1v) is 4.40. The third kappa shape index (κ3) is 1.06. The molecule has 0 saturated heterocycles. The lowest BCUT2D eigenvalue weighted by Crippen LogP contribution is -1.95. The molecule has 0 atom stereocenters. The highest BCUT2D eigenvalue weighted by molar-refractivity contribution is 8.00. The van der Waals surface area contributed by atoms with Gasteiger partial charge in [-0.2, -0.15) is 4.52 Å². The molecule has 0 amide bonds. The summed E-state index contributed by atoms with van der Waals surface area (Å²) >= 11 is 1.39. The van der Waals surface area contributed by atoms with Crippen molar-refractivity contribution in [1.82, 2.24) is 19.8 Å². The van der Waals surface area contributed by atoms with E-state index in [2.05, 4.69) is 21.6 Å². The van der Waals surface area contributed by atoms with Gasteiger partial charge in [-0.05, 0) is 13.0 Å². The van der Waals surface area contributed by atoms with Crippen molar-refractivity contribution < 1.29 is 0 Å². The maximum absolute atomic E-state index is 4.24. The van der Waals surface area contributed by atoms with E-state index in [1.54, 1.807) is 10.7 Å². The minimum Gasteiger partial charge on any atom is -0.232 e. The van der Waals surface area contributed by atoms with Crippen molar-refractivity contribution in [3.05, 3.63) is 24.2 Å². The van der Waals surface area contributed by atoms with Crippen LogP contribution in [0.15, 0.2) is 17.3 Å². The Bertz CT molecular complexity index is 409. The number of thioether (sulfide) groups is 1. The first-order chi connectivity index (χ1) is 5.81. The topological polar surface area (TPSA) is 43.1 Å². The zero-order valence-electron chi connectivity index (χ0n) is 6.56. The van der Waals surface area contributed by atoms with Crippen LogP contribution in [0.25, 0.3) is 5.65 Å². The van der Waals surface area contributed by atoms with Crippen molar-refractivity contribution >= 4 is 17.4 Å². The van der Waals surface area contributed by atoms with Crippen molar-refractivity contribution in [2.24, 2.45) is 0 Å². The number of aryl methyl sites for hydroxylation is 1. The van der Waals surface area contributed by atoms with Gasteiger partial charge in [0.25, 0.3) is 0 Å². The summed E-state index contributed by atoms with van der Waals surface area (Å²) in [6.07, 6.45) is 5.36. The number of aromatic nitrogens is 4. The molecule has 0 saturated carbocycles. The summed E-state index contributed by atoms with van der Waals surface area (Å²) in [7, 11) is 0. The Labute approximate surface area is 74.0 Å². The van der Waals surface area contributed by atoms with Gasteiger partial charge < -0.3 is 0 Å². The van der Waals surface area contributed by atoms with Crippen LogP contribution in [0.2, 0.25) is 0 Å². The summed E-state index contributed by atoms with van der Waals surface area (Å²) in [5.74, 6) is 0. The molecular weight excluding hydrogens is 172 g/mol. The van der Waals surface area contributed by atoms with Gasteiger partial charge in [0.05, 0.1) is 6.20 Å². The van der Waals surface area contributed by atoms with Gasteiger partial charge in [0.1, 0.15) is 5.03 Å². The first kappa shape index (κ1) is 7.54. The molecule has 0 aliphatic rings. The van der Waals surface area contributed by atoms with Crippen molar-refractivity contribution in [1.29, 1.82) is 0 Å². The van der Waals surface area contributed by atoms with Crippen LogP contribution in [-0.2, 0) is 0 Å². The molecule has 2 aromatic heterocycles. The highest BCUT2D eigenvalue weighted by Gasteiger charge is 2.02. The summed E-state index contributed by atoms with van der Waals surface area (Å²) in [5, 5.41) is 8.59. The van der Waals surface area contributed by atoms with Gasteiger partial charge in [0, 0.05) is 11.9 Å². The Morgan fingerprint density at radius 3 is 3.17 bits per heavy atom. The Balaban J connectivity index is 2.80. The zero-order chi connectivity index (χ0) is 8.55. The summed E-state index contributed by atoms with van der Waals surface area (Å²) in [4.78, 5) is 4.24. The second-order valence-electron chi connectivity index (χ2n) is 2.38. The number of rotatable bonds is 1. The summed E-state index contributed by atoms with van der Waals surface area (Å²) in [6, 6.07) is 1.93. The molecular formula is C7H7N4S. The summed E-state index contributed by atoms with van der Waals surface area (Å²) in [6.45, 7) is 1.94. The van der Waals surface area contributed by atoms with Crippen LogP contribution in [0.1, 0.15) is 5.69 Å². The maximum Gasteiger partial charge on any atom is 0.177 e. The number of nitrogens with zero attached hydrogens (tertiary/aromatic N) is 4. The van der Waals surface area contributed by atoms with E-state index in [9.17, 15) is 0 Å². The third-order valence-electron chi connectivity index (χ3n) is 1.51. The molecule has 0 fully saturated rings. The quantitative estimate of drug-likeness (QED) is 0.489. The normalized spacial score (nSPS) is 10.8. The number of hydrogen-bond acceptors (Lipinski definition) is 4. The molecule has 5 heteroatoms. The molecule has 0 aliphatic heterocycles. The number of hydrogen-bond donors (Lipinski definition) is 0. The van der Waals surface area contributed by atoms with Crippen LogP contribution in [0.4, 0.5) is 0 Å². The molecule has 2 heterocycles. The lowest BCUT2D eigenvalue weighted by atomic mass is 10.4. The fraction of sp³-hybridized carbons (Fsp3) is 0.143. The number of fused-ring (bicyclic) bond motifs is 1. The van der Waals surface area contributed by atoms with Gasteiger partial charge in [-0.25, -0.2) is 4.98 Å². The van der Waals surface area contributed by atoms with E-state index >= 15 is 0 Å². The molecule has 0 aliphatic carbocycles. The summed E-state index contributed by atoms with van der Waals surface area (Å²) < 4.78 is 1.67. The van der Waals surface area contributed by atoms with Crippen molar-refractivity contribution in [2.45, 2.75) is 11.9 Å². The van der Waals surface area contributed by atoms with E-state index in [0.717, 1.165) is 16.4 Å². The van der Waals surface area contributed by atoms with Crippen LogP contribution < -0.4 is 0 Å². The van der Waals surface area contributed by atoms with Crippen LogP contribution in [0, 0.1) is 13.2 Å². The minimum atomic E-state index is 0.765. The molecule has 0 unspecified atom stereocenters. The molecule has 0 spiro atoms. The second-order valence-corrected chi connectivity index (χ2v) is 3.09. The molecule has 0 N–H and O–H groups in total. The van der Waals surface area contributed by atoms with Gasteiger partial charge >= 0.3 is 0 Å². The molecule has 2 aromatic rings. The van der Waals surface area contributed by atoms with Gasteiger partial charge in [-0.3, -0.25) is 0 Å². The maximum atomic E-state index is 4.24. The smallest absolute Gasteiger partial charge is 0.177 e.